The van der Waals surface area contributed by atoms with Crippen LogP contribution in [0.3, 0.4) is 0 Å². The summed E-state index contributed by atoms with van der Waals surface area (Å²) in [4.78, 5) is 14.7. The summed E-state index contributed by atoms with van der Waals surface area (Å²) in [6, 6.07) is 3.70. The Morgan fingerprint density at radius 3 is 2.69 bits per heavy atom. The molecule has 1 N–H and O–H groups in total. The minimum atomic E-state index is -1.06. The normalized spacial score (nSPS) is 10.3. The van der Waals surface area contributed by atoms with Gasteiger partial charge in [-0.25, -0.2) is 9.48 Å². The third-order valence-corrected chi connectivity index (χ3v) is 2.27. The van der Waals surface area contributed by atoms with E-state index in [-0.39, 0.29) is 5.69 Å². The van der Waals surface area contributed by atoms with Gasteiger partial charge in [0.05, 0.1) is 12.2 Å². The van der Waals surface area contributed by atoms with Gasteiger partial charge in [-0.1, -0.05) is 5.21 Å². The van der Waals surface area contributed by atoms with E-state index < -0.39 is 5.97 Å². The molecule has 0 amide bonds. The highest BCUT2D eigenvalue weighted by Gasteiger charge is 2.14. The zero-order valence-electron chi connectivity index (χ0n) is 8.66. The number of hydrogen-bond donors (Lipinski definition) is 1. The Morgan fingerprint density at radius 2 is 2.12 bits per heavy atom. The molecule has 6 heteroatoms. The first-order valence-electron chi connectivity index (χ1n) is 4.71. The number of aromatic nitrogens is 4. The smallest absolute Gasteiger partial charge is 0.358 e. The number of carboxylic acid groups (broad SMARTS) is 1. The van der Waals surface area contributed by atoms with Gasteiger partial charge in [-0.3, -0.25) is 4.98 Å². The summed E-state index contributed by atoms with van der Waals surface area (Å²) in [5.74, 6) is -1.06. The lowest BCUT2D eigenvalue weighted by atomic mass is 10.2. The molecule has 0 saturated carbocycles. The molecule has 2 heterocycles. The number of aromatic carboxylic acids is 1. The Kier molecular flexibility index (Phi) is 2.63. The molecule has 16 heavy (non-hydrogen) atoms. The predicted octanol–water partition coefficient (Wildman–Crippen LogP) is 0.728. The second-order valence-electron chi connectivity index (χ2n) is 3.34. The van der Waals surface area contributed by atoms with E-state index in [2.05, 4.69) is 15.3 Å². The summed E-state index contributed by atoms with van der Waals surface area (Å²) >= 11 is 0. The fraction of sp³-hybridized carbons (Fsp3) is 0.200. The molecule has 2 aromatic rings. The highest BCUT2D eigenvalue weighted by atomic mass is 16.4. The Bertz CT molecular complexity index is 507. The maximum Gasteiger partial charge on any atom is 0.358 e. The van der Waals surface area contributed by atoms with Crippen molar-refractivity contribution in [3.8, 4) is 0 Å². The van der Waals surface area contributed by atoms with Crippen LogP contribution in [-0.2, 0) is 6.54 Å². The molecule has 0 unspecified atom stereocenters. The van der Waals surface area contributed by atoms with Crippen LogP contribution in [0.4, 0.5) is 0 Å². The molecule has 2 rings (SSSR count). The minimum absolute atomic E-state index is 0.00550. The van der Waals surface area contributed by atoms with Gasteiger partial charge < -0.3 is 5.11 Å². The van der Waals surface area contributed by atoms with Crippen molar-refractivity contribution < 1.29 is 9.90 Å². The molecule has 2 aromatic heterocycles. The number of nitrogens with zero attached hydrogens (tertiary/aromatic N) is 4. The molecule has 0 spiro atoms. The molecule has 0 aromatic carbocycles. The van der Waals surface area contributed by atoms with Crippen molar-refractivity contribution in [2.24, 2.45) is 0 Å². The Morgan fingerprint density at radius 1 is 1.44 bits per heavy atom. The van der Waals surface area contributed by atoms with E-state index in [0.29, 0.717) is 12.2 Å². The topological polar surface area (TPSA) is 80.9 Å². The number of pyridine rings is 1. The largest absolute Gasteiger partial charge is 0.476 e. The lowest BCUT2D eigenvalue weighted by molar-refractivity contribution is 0.0689. The van der Waals surface area contributed by atoms with Gasteiger partial charge in [-0.2, -0.15) is 0 Å². The van der Waals surface area contributed by atoms with E-state index in [1.54, 1.807) is 24.0 Å². The zero-order chi connectivity index (χ0) is 11.5. The van der Waals surface area contributed by atoms with Crippen molar-refractivity contribution in [1.29, 1.82) is 0 Å². The number of carboxylic acids is 1. The third kappa shape index (κ3) is 1.90. The summed E-state index contributed by atoms with van der Waals surface area (Å²) in [6.45, 7) is 2.18. The summed E-state index contributed by atoms with van der Waals surface area (Å²) in [7, 11) is 0. The van der Waals surface area contributed by atoms with Gasteiger partial charge in [0.2, 0.25) is 0 Å². The van der Waals surface area contributed by atoms with Gasteiger partial charge in [0.25, 0.3) is 0 Å². The van der Waals surface area contributed by atoms with Gasteiger partial charge in [0, 0.05) is 12.4 Å². The maximum absolute atomic E-state index is 10.8. The molecule has 0 bridgehead atoms. The Labute approximate surface area is 91.6 Å². The summed E-state index contributed by atoms with van der Waals surface area (Å²) in [5.41, 5.74) is 1.54. The van der Waals surface area contributed by atoms with Crippen LogP contribution in [0.2, 0.25) is 0 Å². The molecule has 0 aliphatic carbocycles. The molecule has 0 fully saturated rings. The average Bonchev–Trinajstić information content (AvgIpc) is 2.62. The second kappa shape index (κ2) is 4.09. The first kappa shape index (κ1) is 10.3. The Hall–Kier alpha value is -2.24. The molecular formula is C10H10N4O2. The van der Waals surface area contributed by atoms with E-state index >= 15 is 0 Å². The van der Waals surface area contributed by atoms with Gasteiger partial charge in [-0.05, 0) is 24.6 Å². The third-order valence-electron chi connectivity index (χ3n) is 2.27. The van der Waals surface area contributed by atoms with E-state index in [9.17, 15) is 4.79 Å². The molecular weight excluding hydrogens is 208 g/mol. The van der Waals surface area contributed by atoms with Crippen LogP contribution in [0.1, 0.15) is 21.7 Å². The van der Waals surface area contributed by atoms with Crippen molar-refractivity contribution >= 4 is 5.97 Å². The number of hydrogen-bond acceptors (Lipinski definition) is 4. The molecule has 0 saturated heterocycles. The van der Waals surface area contributed by atoms with Crippen LogP contribution in [0.15, 0.2) is 24.5 Å². The summed E-state index contributed by atoms with van der Waals surface area (Å²) in [6.07, 6.45) is 3.36. The lowest BCUT2D eigenvalue weighted by Gasteiger charge is -2.02. The van der Waals surface area contributed by atoms with Crippen LogP contribution >= 0.6 is 0 Å². The quantitative estimate of drug-likeness (QED) is 0.821. The van der Waals surface area contributed by atoms with E-state index in [4.69, 9.17) is 5.11 Å². The van der Waals surface area contributed by atoms with Gasteiger partial charge >= 0.3 is 5.97 Å². The fourth-order valence-corrected chi connectivity index (χ4v) is 1.37. The summed E-state index contributed by atoms with van der Waals surface area (Å²) in [5, 5.41) is 16.2. The average molecular weight is 218 g/mol. The van der Waals surface area contributed by atoms with Gasteiger partial charge in [0.15, 0.2) is 5.69 Å². The summed E-state index contributed by atoms with van der Waals surface area (Å²) < 4.78 is 1.55. The maximum atomic E-state index is 10.8. The van der Waals surface area contributed by atoms with Gasteiger partial charge in [-0.15, -0.1) is 5.10 Å². The number of carbonyl (C=O) groups is 1. The van der Waals surface area contributed by atoms with Crippen LogP contribution in [0.25, 0.3) is 0 Å². The first-order valence-corrected chi connectivity index (χ1v) is 4.71. The van der Waals surface area contributed by atoms with Crippen molar-refractivity contribution in [1.82, 2.24) is 20.0 Å². The monoisotopic (exact) mass is 218 g/mol. The van der Waals surface area contributed by atoms with Crippen LogP contribution in [-0.4, -0.2) is 31.1 Å². The Balaban J connectivity index is 2.26. The molecule has 0 radical (unpaired) electrons. The standard InChI is InChI=1S/C10H10N4O2/c1-7-9(10(15)16)12-13-14(7)6-8-2-4-11-5-3-8/h2-5H,6H2,1H3,(H,15,16). The van der Waals surface area contributed by atoms with Crippen LogP contribution < -0.4 is 0 Å². The molecule has 0 atom stereocenters. The van der Waals surface area contributed by atoms with Crippen LogP contribution in [0.5, 0.6) is 0 Å². The zero-order valence-corrected chi connectivity index (χ0v) is 8.66. The molecule has 0 aliphatic rings. The van der Waals surface area contributed by atoms with Crippen molar-refractivity contribution in [2.75, 3.05) is 0 Å². The molecule has 82 valence electrons. The SMILES string of the molecule is Cc1c(C(=O)O)nnn1Cc1ccncc1. The number of rotatable bonds is 3. The van der Waals surface area contributed by atoms with E-state index in [0.717, 1.165) is 5.56 Å². The second-order valence-corrected chi connectivity index (χ2v) is 3.34. The highest BCUT2D eigenvalue weighted by molar-refractivity contribution is 5.86. The van der Waals surface area contributed by atoms with Gasteiger partial charge in [0.1, 0.15) is 0 Å². The predicted molar refractivity (Wildman–Crippen MR) is 55.1 cm³/mol. The first-order chi connectivity index (χ1) is 7.68. The van der Waals surface area contributed by atoms with Crippen molar-refractivity contribution in [2.45, 2.75) is 13.5 Å². The highest BCUT2D eigenvalue weighted by Crippen LogP contribution is 2.06. The van der Waals surface area contributed by atoms with E-state index in [1.165, 1.54) is 0 Å². The van der Waals surface area contributed by atoms with Crippen molar-refractivity contribution in [3.05, 3.63) is 41.5 Å². The fourth-order valence-electron chi connectivity index (χ4n) is 1.37. The van der Waals surface area contributed by atoms with Crippen molar-refractivity contribution in [3.63, 3.8) is 0 Å². The van der Waals surface area contributed by atoms with Crippen LogP contribution in [0, 0.1) is 6.92 Å². The molecule has 6 nitrogen and oxygen atoms in total. The van der Waals surface area contributed by atoms with E-state index in [1.807, 2.05) is 12.1 Å². The minimum Gasteiger partial charge on any atom is -0.476 e. The lowest BCUT2D eigenvalue weighted by Crippen LogP contribution is -2.05. The molecule has 0 aliphatic heterocycles.